The summed E-state index contributed by atoms with van der Waals surface area (Å²) in [5, 5.41) is 0. The predicted molar refractivity (Wildman–Crippen MR) is 182 cm³/mol. The Kier molecular flexibility index (Phi) is 6.64. The Hall–Kier alpha value is -5.68. The zero-order chi connectivity index (χ0) is 30.3. The number of rotatable bonds is 5. The van der Waals surface area contributed by atoms with Crippen LogP contribution >= 0.6 is 0 Å². The Morgan fingerprint density at radius 3 is 1.96 bits per heavy atom. The molecule has 2 atom stereocenters. The summed E-state index contributed by atoms with van der Waals surface area (Å²) >= 11 is 0. The number of anilines is 2. The quantitative estimate of drug-likeness (QED) is 0.203. The summed E-state index contributed by atoms with van der Waals surface area (Å²) in [6.45, 7) is 4.35. The van der Waals surface area contributed by atoms with E-state index in [1.165, 1.54) is 22.4 Å². The van der Waals surface area contributed by atoms with Crippen LogP contribution in [0.2, 0.25) is 0 Å². The zero-order valence-corrected chi connectivity index (χ0v) is 25.2. The molecule has 2 aliphatic rings. The molecule has 2 aromatic heterocycles. The Balaban J connectivity index is 1.39. The first-order chi connectivity index (χ1) is 22.1. The third kappa shape index (κ3) is 4.92. The van der Waals surface area contributed by atoms with Gasteiger partial charge in [-0.1, -0.05) is 114 Å². The minimum Gasteiger partial charge on any atom is -0.333 e. The van der Waals surface area contributed by atoms with Crippen molar-refractivity contribution in [2.75, 3.05) is 4.90 Å². The standard InChI is InChI=1S/C40H31N5/c1-26-16-19-35-31(23-26)32-24-27(2)17-20-36(32)45(35)37-21-18-30(34-15-9-10-22-41-34)25-33(37)40-43-38(28-11-5-3-6-12-28)42-39(44-40)29-13-7-4-8-14-29/h3-25,31,35H,1-2H3. The van der Waals surface area contributed by atoms with Gasteiger partial charge in [0, 0.05) is 40.1 Å². The molecular weight excluding hydrogens is 550 g/mol. The van der Waals surface area contributed by atoms with Gasteiger partial charge in [-0.3, -0.25) is 4.98 Å². The maximum absolute atomic E-state index is 5.15. The average Bonchev–Trinajstić information content (AvgIpc) is 3.41. The number of aryl methyl sites for hydroxylation is 1. The maximum atomic E-state index is 5.15. The van der Waals surface area contributed by atoms with Crippen LogP contribution in [0.5, 0.6) is 0 Å². The van der Waals surface area contributed by atoms with Crippen molar-refractivity contribution in [2.45, 2.75) is 25.8 Å². The third-order valence-corrected chi connectivity index (χ3v) is 8.62. The van der Waals surface area contributed by atoms with Gasteiger partial charge in [0.05, 0.1) is 17.4 Å². The second-order valence-corrected chi connectivity index (χ2v) is 11.7. The molecule has 0 saturated carbocycles. The largest absolute Gasteiger partial charge is 0.333 e. The van der Waals surface area contributed by atoms with E-state index in [9.17, 15) is 0 Å². The molecule has 0 amide bonds. The van der Waals surface area contributed by atoms with Gasteiger partial charge in [-0.25, -0.2) is 15.0 Å². The number of hydrogen-bond acceptors (Lipinski definition) is 5. The lowest BCUT2D eigenvalue weighted by Gasteiger charge is -2.31. The maximum Gasteiger partial charge on any atom is 0.166 e. The van der Waals surface area contributed by atoms with E-state index in [2.05, 4.69) is 78.4 Å². The first-order valence-electron chi connectivity index (χ1n) is 15.3. The molecule has 0 fully saturated rings. The summed E-state index contributed by atoms with van der Waals surface area (Å²) in [5.74, 6) is 2.16. The van der Waals surface area contributed by atoms with Crippen molar-refractivity contribution in [1.29, 1.82) is 0 Å². The van der Waals surface area contributed by atoms with Crippen molar-refractivity contribution in [3.05, 3.63) is 156 Å². The van der Waals surface area contributed by atoms with Crippen LogP contribution in [0.25, 0.3) is 45.4 Å². The first kappa shape index (κ1) is 26.9. The molecule has 2 unspecified atom stereocenters. The van der Waals surface area contributed by atoms with Gasteiger partial charge in [0.15, 0.2) is 17.5 Å². The molecule has 1 aliphatic heterocycles. The second kappa shape index (κ2) is 11.1. The van der Waals surface area contributed by atoms with Crippen LogP contribution in [0.3, 0.4) is 0 Å². The Bertz CT molecular complexity index is 2030. The van der Waals surface area contributed by atoms with E-state index in [0.29, 0.717) is 17.5 Å². The SMILES string of the molecule is CC1=CC2c3cc(C)ccc3N(c3ccc(-c4ccccn4)cc3-c3nc(-c4ccccc4)nc(-c4ccccc4)n3)C2C=C1. The Morgan fingerprint density at radius 2 is 1.27 bits per heavy atom. The number of benzene rings is 4. The lowest BCUT2D eigenvalue weighted by atomic mass is 9.88. The fraction of sp³-hybridized carbons (Fsp3) is 0.100. The normalized spacial score (nSPS) is 16.7. The highest BCUT2D eigenvalue weighted by Crippen LogP contribution is 2.51. The van der Waals surface area contributed by atoms with Crippen LogP contribution in [0.15, 0.2) is 145 Å². The molecule has 0 bridgehead atoms. The lowest BCUT2D eigenvalue weighted by Crippen LogP contribution is -2.29. The second-order valence-electron chi connectivity index (χ2n) is 11.7. The number of fused-ring (bicyclic) bond motifs is 3. The Labute approximate surface area is 263 Å². The topological polar surface area (TPSA) is 54.8 Å². The minimum absolute atomic E-state index is 0.133. The first-order valence-corrected chi connectivity index (χ1v) is 15.3. The van der Waals surface area contributed by atoms with Gasteiger partial charge in [0.2, 0.25) is 0 Å². The van der Waals surface area contributed by atoms with Crippen molar-refractivity contribution < 1.29 is 0 Å². The van der Waals surface area contributed by atoms with E-state index in [1.807, 2.05) is 85.1 Å². The van der Waals surface area contributed by atoms with Gasteiger partial charge in [-0.2, -0.15) is 0 Å². The van der Waals surface area contributed by atoms with E-state index in [-0.39, 0.29) is 12.0 Å². The van der Waals surface area contributed by atoms with Crippen molar-refractivity contribution in [1.82, 2.24) is 19.9 Å². The van der Waals surface area contributed by atoms with Gasteiger partial charge < -0.3 is 4.90 Å². The summed E-state index contributed by atoms with van der Waals surface area (Å²) < 4.78 is 0. The number of aromatic nitrogens is 4. The van der Waals surface area contributed by atoms with Crippen molar-refractivity contribution in [3.63, 3.8) is 0 Å². The van der Waals surface area contributed by atoms with E-state index in [0.717, 1.165) is 33.6 Å². The zero-order valence-electron chi connectivity index (χ0n) is 25.2. The van der Waals surface area contributed by atoms with Crippen LogP contribution in [0, 0.1) is 6.92 Å². The van der Waals surface area contributed by atoms with Gasteiger partial charge >= 0.3 is 0 Å². The third-order valence-electron chi connectivity index (χ3n) is 8.62. The summed E-state index contributed by atoms with van der Waals surface area (Å²) in [7, 11) is 0. The highest BCUT2D eigenvalue weighted by Gasteiger charge is 2.39. The van der Waals surface area contributed by atoms with E-state index >= 15 is 0 Å². The van der Waals surface area contributed by atoms with E-state index < -0.39 is 0 Å². The van der Waals surface area contributed by atoms with Crippen LogP contribution in [0.1, 0.15) is 24.0 Å². The van der Waals surface area contributed by atoms with Gasteiger partial charge in [-0.05, 0) is 49.7 Å². The highest BCUT2D eigenvalue weighted by molar-refractivity contribution is 5.88. The molecule has 4 aromatic carbocycles. The smallest absolute Gasteiger partial charge is 0.166 e. The lowest BCUT2D eigenvalue weighted by molar-refractivity contribution is 0.738. The molecule has 5 nitrogen and oxygen atoms in total. The summed E-state index contributed by atoms with van der Waals surface area (Å²) in [5.41, 5.74) is 10.9. The Morgan fingerprint density at radius 1 is 0.600 bits per heavy atom. The predicted octanol–water partition coefficient (Wildman–Crippen LogP) is 9.36. The molecule has 0 N–H and O–H groups in total. The van der Waals surface area contributed by atoms with Crippen LogP contribution in [-0.2, 0) is 0 Å². The molecule has 5 heteroatoms. The minimum atomic E-state index is 0.133. The number of nitrogens with zero attached hydrogens (tertiary/aromatic N) is 5. The van der Waals surface area contributed by atoms with E-state index in [1.54, 1.807) is 0 Å². The van der Waals surface area contributed by atoms with Crippen molar-refractivity contribution in [2.24, 2.45) is 0 Å². The van der Waals surface area contributed by atoms with Gasteiger partial charge in [0.1, 0.15) is 0 Å². The monoisotopic (exact) mass is 581 g/mol. The summed E-state index contributed by atoms with van der Waals surface area (Å²) in [6, 6.07) is 39.8. The van der Waals surface area contributed by atoms with Crippen LogP contribution < -0.4 is 4.90 Å². The fourth-order valence-corrected chi connectivity index (χ4v) is 6.49. The van der Waals surface area contributed by atoms with Gasteiger partial charge in [-0.15, -0.1) is 0 Å². The number of pyridine rings is 1. The molecule has 8 rings (SSSR count). The molecule has 0 radical (unpaired) electrons. The molecule has 1 aliphatic carbocycles. The number of allylic oxidation sites excluding steroid dienone is 2. The molecule has 0 spiro atoms. The summed E-state index contributed by atoms with van der Waals surface area (Å²) in [6.07, 6.45) is 8.80. The van der Waals surface area contributed by atoms with Crippen molar-refractivity contribution in [3.8, 4) is 45.4 Å². The molecule has 6 aromatic rings. The fourth-order valence-electron chi connectivity index (χ4n) is 6.49. The average molecular weight is 582 g/mol. The van der Waals surface area contributed by atoms with E-state index in [4.69, 9.17) is 15.0 Å². The molecule has 45 heavy (non-hydrogen) atoms. The summed E-state index contributed by atoms with van der Waals surface area (Å²) in [4.78, 5) is 22.4. The van der Waals surface area contributed by atoms with Crippen molar-refractivity contribution >= 4 is 11.4 Å². The molecule has 216 valence electrons. The van der Waals surface area contributed by atoms with Crippen LogP contribution in [-0.4, -0.2) is 26.0 Å². The van der Waals surface area contributed by atoms with Crippen LogP contribution in [0.4, 0.5) is 11.4 Å². The molecule has 3 heterocycles. The molecular formula is C40H31N5. The number of hydrogen-bond donors (Lipinski definition) is 0. The van der Waals surface area contributed by atoms with Gasteiger partial charge in [0.25, 0.3) is 0 Å². The molecule has 0 saturated heterocycles. The highest BCUT2D eigenvalue weighted by atomic mass is 15.2.